The molecule has 0 bridgehead atoms. The van der Waals surface area contributed by atoms with Crippen molar-refractivity contribution in [1.29, 1.82) is 0 Å². The largest absolute Gasteiger partial charge is 0.381 e. The Morgan fingerprint density at radius 2 is 2.21 bits per heavy atom. The molecule has 3 heterocycles. The van der Waals surface area contributed by atoms with E-state index in [-0.39, 0.29) is 5.60 Å². The fourth-order valence-electron chi connectivity index (χ4n) is 3.03. The summed E-state index contributed by atoms with van der Waals surface area (Å²) in [5.74, 6) is 0. The summed E-state index contributed by atoms with van der Waals surface area (Å²) in [6.45, 7) is 4.34. The first-order valence-corrected chi connectivity index (χ1v) is 7.16. The average molecular weight is 266 g/mol. The van der Waals surface area contributed by atoms with Gasteiger partial charge in [-0.2, -0.15) is 0 Å². The average Bonchev–Trinajstić information content (AvgIpc) is 2.93. The van der Waals surface area contributed by atoms with E-state index in [9.17, 15) is 0 Å². The Labute approximate surface area is 113 Å². The van der Waals surface area contributed by atoms with Crippen molar-refractivity contribution in [2.75, 3.05) is 26.4 Å². The van der Waals surface area contributed by atoms with Gasteiger partial charge < -0.3 is 14.8 Å². The van der Waals surface area contributed by atoms with Gasteiger partial charge in [-0.3, -0.25) is 4.68 Å². The molecule has 0 saturated carbocycles. The molecule has 106 valence electrons. The zero-order valence-corrected chi connectivity index (χ0v) is 11.3. The number of nitrogens with one attached hydrogen (secondary N) is 1. The number of aromatic nitrogens is 3. The van der Waals surface area contributed by atoms with Crippen LogP contribution in [0.5, 0.6) is 0 Å². The summed E-state index contributed by atoms with van der Waals surface area (Å²) in [4.78, 5) is 0. The van der Waals surface area contributed by atoms with Crippen LogP contribution in [0.3, 0.4) is 0 Å². The minimum atomic E-state index is 0.0709. The Morgan fingerprint density at radius 3 is 3.00 bits per heavy atom. The van der Waals surface area contributed by atoms with Gasteiger partial charge in [-0.15, -0.1) is 5.10 Å². The molecule has 2 saturated heterocycles. The second kappa shape index (κ2) is 5.98. The minimum absolute atomic E-state index is 0.0709. The fourth-order valence-corrected chi connectivity index (χ4v) is 3.03. The predicted molar refractivity (Wildman–Crippen MR) is 69.8 cm³/mol. The predicted octanol–water partition coefficient (Wildman–Crippen LogP) is 0.596. The SMILES string of the molecule is c1cn(CCNC2CCOC3(CCOCC3)C2)nn1. The second-order valence-corrected chi connectivity index (χ2v) is 5.45. The number of rotatable bonds is 4. The molecule has 1 aromatic rings. The molecule has 1 aromatic heterocycles. The minimum Gasteiger partial charge on any atom is -0.381 e. The van der Waals surface area contributed by atoms with Crippen molar-refractivity contribution in [3.63, 3.8) is 0 Å². The zero-order chi connectivity index (χ0) is 13.0. The molecule has 1 N–H and O–H groups in total. The van der Waals surface area contributed by atoms with E-state index in [4.69, 9.17) is 9.47 Å². The van der Waals surface area contributed by atoms with Gasteiger partial charge in [-0.1, -0.05) is 5.21 Å². The molecule has 0 aliphatic carbocycles. The molecule has 0 amide bonds. The van der Waals surface area contributed by atoms with Crippen molar-refractivity contribution < 1.29 is 9.47 Å². The summed E-state index contributed by atoms with van der Waals surface area (Å²) in [6, 6.07) is 0.551. The van der Waals surface area contributed by atoms with Crippen LogP contribution >= 0.6 is 0 Å². The van der Waals surface area contributed by atoms with E-state index in [1.807, 2.05) is 10.9 Å². The highest BCUT2D eigenvalue weighted by atomic mass is 16.5. The molecular formula is C13H22N4O2. The smallest absolute Gasteiger partial charge is 0.0741 e. The maximum Gasteiger partial charge on any atom is 0.0741 e. The Morgan fingerprint density at radius 1 is 1.32 bits per heavy atom. The molecule has 2 aliphatic heterocycles. The van der Waals surface area contributed by atoms with Crippen LogP contribution < -0.4 is 5.32 Å². The lowest BCUT2D eigenvalue weighted by atomic mass is 9.84. The zero-order valence-electron chi connectivity index (χ0n) is 11.3. The number of hydrogen-bond donors (Lipinski definition) is 1. The van der Waals surface area contributed by atoms with Gasteiger partial charge in [0.15, 0.2) is 0 Å². The maximum absolute atomic E-state index is 6.04. The third kappa shape index (κ3) is 3.32. The molecule has 6 nitrogen and oxygen atoms in total. The topological polar surface area (TPSA) is 61.2 Å². The van der Waals surface area contributed by atoms with Crippen molar-refractivity contribution in [3.05, 3.63) is 12.4 Å². The van der Waals surface area contributed by atoms with Crippen LogP contribution in [-0.2, 0) is 16.0 Å². The van der Waals surface area contributed by atoms with Crippen molar-refractivity contribution in [2.24, 2.45) is 0 Å². The van der Waals surface area contributed by atoms with Crippen molar-refractivity contribution >= 4 is 0 Å². The third-order valence-electron chi connectivity index (χ3n) is 4.14. The highest BCUT2D eigenvalue weighted by Crippen LogP contribution is 2.34. The van der Waals surface area contributed by atoms with Gasteiger partial charge in [0.1, 0.15) is 0 Å². The monoisotopic (exact) mass is 266 g/mol. The van der Waals surface area contributed by atoms with E-state index in [0.29, 0.717) is 6.04 Å². The first kappa shape index (κ1) is 13.0. The quantitative estimate of drug-likeness (QED) is 0.864. The Balaban J connectivity index is 1.45. The van der Waals surface area contributed by atoms with E-state index < -0.39 is 0 Å². The van der Waals surface area contributed by atoms with Crippen LogP contribution in [0.2, 0.25) is 0 Å². The van der Waals surface area contributed by atoms with Gasteiger partial charge in [-0.25, -0.2) is 0 Å². The van der Waals surface area contributed by atoms with E-state index in [1.54, 1.807) is 6.20 Å². The molecule has 0 aromatic carbocycles. The molecule has 2 fully saturated rings. The summed E-state index contributed by atoms with van der Waals surface area (Å²) in [5, 5.41) is 11.4. The lowest BCUT2D eigenvalue weighted by molar-refractivity contribution is -0.140. The molecule has 1 spiro atoms. The second-order valence-electron chi connectivity index (χ2n) is 5.45. The standard InChI is InChI=1S/C13H22N4O2/c1-8-19-13(2-9-18-10-3-13)11-12(1)14-4-6-17-7-5-15-16-17/h5,7,12,14H,1-4,6,8-11H2. The van der Waals surface area contributed by atoms with Gasteiger partial charge in [0.25, 0.3) is 0 Å². The van der Waals surface area contributed by atoms with Gasteiger partial charge in [0.2, 0.25) is 0 Å². The molecular weight excluding hydrogens is 244 g/mol. The Hall–Kier alpha value is -0.980. The summed E-state index contributed by atoms with van der Waals surface area (Å²) >= 11 is 0. The fraction of sp³-hybridized carbons (Fsp3) is 0.846. The molecule has 1 unspecified atom stereocenters. The van der Waals surface area contributed by atoms with Crippen LogP contribution in [0, 0.1) is 0 Å². The molecule has 3 rings (SSSR count). The molecule has 2 aliphatic rings. The highest BCUT2D eigenvalue weighted by molar-refractivity contribution is 4.91. The molecule has 0 radical (unpaired) electrons. The molecule has 1 atom stereocenters. The normalized spacial score (nSPS) is 26.6. The van der Waals surface area contributed by atoms with E-state index in [1.165, 1.54) is 0 Å². The first-order valence-electron chi connectivity index (χ1n) is 7.16. The van der Waals surface area contributed by atoms with E-state index >= 15 is 0 Å². The van der Waals surface area contributed by atoms with E-state index in [2.05, 4.69) is 15.6 Å². The van der Waals surface area contributed by atoms with Gasteiger partial charge in [0.05, 0.1) is 18.3 Å². The summed E-state index contributed by atoms with van der Waals surface area (Å²) < 4.78 is 13.3. The highest BCUT2D eigenvalue weighted by Gasteiger charge is 2.38. The first-order chi connectivity index (χ1) is 9.36. The van der Waals surface area contributed by atoms with Crippen molar-refractivity contribution in [1.82, 2.24) is 20.3 Å². The van der Waals surface area contributed by atoms with Gasteiger partial charge in [-0.05, 0) is 25.7 Å². The van der Waals surface area contributed by atoms with Gasteiger partial charge in [0, 0.05) is 38.6 Å². The molecule has 6 heteroatoms. The van der Waals surface area contributed by atoms with Crippen LogP contribution in [-0.4, -0.2) is 53.0 Å². The van der Waals surface area contributed by atoms with Crippen molar-refractivity contribution in [3.8, 4) is 0 Å². The van der Waals surface area contributed by atoms with Crippen LogP contribution in [0.25, 0.3) is 0 Å². The third-order valence-corrected chi connectivity index (χ3v) is 4.14. The van der Waals surface area contributed by atoms with Crippen LogP contribution in [0.15, 0.2) is 12.4 Å². The lowest BCUT2D eigenvalue weighted by Gasteiger charge is -2.43. The van der Waals surface area contributed by atoms with Crippen LogP contribution in [0.4, 0.5) is 0 Å². The van der Waals surface area contributed by atoms with E-state index in [0.717, 1.165) is 58.6 Å². The number of ether oxygens (including phenoxy) is 2. The maximum atomic E-state index is 6.04. The lowest BCUT2D eigenvalue weighted by Crippen LogP contribution is -2.50. The van der Waals surface area contributed by atoms with Crippen LogP contribution in [0.1, 0.15) is 25.7 Å². The summed E-state index contributed by atoms with van der Waals surface area (Å²) in [6.07, 6.45) is 7.88. The Bertz CT molecular complexity index is 370. The van der Waals surface area contributed by atoms with Crippen molar-refractivity contribution in [2.45, 2.75) is 43.9 Å². The number of hydrogen-bond acceptors (Lipinski definition) is 5. The summed E-state index contributed by atoms with van der Waals surface area (Å²) in [7, 11) is 0. The number of nitrogens with zero attached hydrogens (tertiary/aromatic N) is 3. The summed E-state index contributed by atoms with van der Waals surface area (Å²) in [5.41, 5.74) is 0.0709. The Kier molecular flexibility index (Phi) is 4.10. The van der Waals surface area contributed by atoms with Gasteiger partial charge >= 0.3 is 0 Å². The molecule has 19 heavy (non-hydrogen) atoms.